The largest absolute Gasteiger partial charge is 0.396 e. The van der Waals surface area contributed by atoms with Crippen LogP contribution >= 0.6 is 0 Å². The zero-order chi connectivity index (χ0) is 19.4. The van der Waals surface area contributed by atoms with Gasteiger partial charge in [-0.25, -0.2) is 0 Å². The van der Waals surface area contributed by atoms with Crippen LogP contribution in [-0.4, -0.2) is 18.0 Å². The second kappa shape index (κ2) is 12.4. The minimum absolute atomic E-state index is 0.162. The number of aldehydes is 1. The smallest absolute Gasteiger partial charge is 0.122 e. The summed E-state index contributed by atoms with van der Waals surface area (Å²) in [5.41, 5.74) is 2.68. The van der Waals surface area contributed by atoms with Crippen molar-refractivity contribution in [3.8, 4) is 0 Å². The molecule has 2 heteroatoms. The quantitative estimate of drug-likeness (QED) is 0.606. The van der Waals surface area contributed by atoms with Crippen molar-refractivity contribution in [3.63, 3.8) is 0 Å². The maximum Gasteiger partial charge on any atom is 0.122 e. The third kappa shape index (κ3) is 8.44. The van der Waals surface area contributed by atoms with Crippen LogP contribution in [0, 0.1) is 11.8 Å². The average molecular weight is 355 g/mol. The first kappa shape index (κ1) is 22.1. The summed E-state index contributed by atoms with van der Waals surface area (Å²) in [5, 5.41) is 8.93. The zero-order valence-corrected chi connectivity index (χ0v) is 16.6. The highest BCUT2D eigenvalue weighted by molar-refractivity contribution is 5.52. The predicted molar refractivity (Wildman–Crippen MR) is 110 cm³/mol. The Morgan fingerprint density at radius 1 is 0.769 bits per heavy atom. The molecule has 2 aromatic rings. The van der Waals surface area contributed by atoms with Crippen molar-refractivity contribution in [1.82, 2.24) is 0 Å². The fraction of sp³-hybridized carbons (Fsp3) is 0.458. The molecule has 26 heavy (non-hydrogen) atoms. The first-order valence-electron chi connectivity index (χ1n) is 9.63. The maximum absolute atomic E-state index is 10.5. The molecule has 0 aliphatic heterocycles. The average Bonchev–Trinajstić information content (AvgIpc) is 2.69. The van der Waals surface area contributed by atoms with Crippen LogP contribution in [0.2, 0.25) is 0 Å². The summed E-state index contributed by atoms with van der Waals surface area (Å²) < 4.78 is 0. The summed E-state index contributed by atoms with van der Waals surface area (Å²) in [4.78, 5) is 10.5. The molecule has 0 spiro atoms. The molecule has 0 saturated carbocycles. The molecule has 2 nitrogen and oxygen atoms in total. The van der Waals surface area contributed by atoms with E-state index in [1.54, 1.807) is 0 Å². The van der Waals surface area contributed by atoms with E-state index in [9.17, 15) is 4.79 Å². The zero-order valence-electron chi connectivity index (χ0n) is 16.6. The summed E-state index contributed by atoms with van der Waals surface area (Å²) in [7, 11) is 0. The summed E-state index contributed by atoms with van der Waals surface area (Å²) >= 11 is 0. The van der Waals surface area contributed by atoms with Crippen molar-refractivity contribution in [2.24, 2.45) is 11.8 Å². The van der Waals surface area contributed by atoms with Gasteiger partial charge in [-0.2, -0.15) is 0 Å². The molecule has 1 N–H and O–H groups in total. The van der Waals surface area contributed by atoms with E-state index < -0.39 is 0 Å². The van der Waals surface area contributed by atoms with Crippen LogP contribution in [0.4, 0.5) is 0 Å². The summed E-state index contributed by atoms with van der Waals surface area (Å²) in [6.07, 6.45) is 3.02. The Morgan fingerprint density at radius 2 is 1.19 bits per heavy atom. The Hall–Kier alpha value is -1.93. The minimum Gasteiger partial charge on any atom is -0.396 e. The molecule has 0 radical (unpaired) electrons. The van der Waals surface area contributed by atoms with Crippen molar-refractivity contribution in [2.45, 2.75) is 52.4 Å². The van der Waals surface area contributed by atoms with Gasteiger partial charge in [0.15, 0.2) is 0 Å². The van der Waals surface area contributed by atoms with Crippen LogP contribution in [0.15, 0.2) is 60.7 Å². The van der Waals surface area contributed by atoms with Gasteiger partial charge in [-0.15, -0.1) is 0 Å². The second-order valence-corrected chi connectivity index (χ2v) is 7.50. The molecule has 2 rings (SSSR count). The fourth-order valence-corrected chi connectivity index (χ4v) is 3.13. The summed E-state index contributed by atoms with van der Waals surface area (Å²) in [6.45, 7) is 8.71. The monoisotopic (exact) mass is 354 g/mol. The molecule has 2 aromatic carbocycles. The van der Waals surface area contributed by atoms with E-state index in [1.807, 2.05) is 31.2 Å². The molecule has 0 heterocycles. The molecule has 0 aromatic heterocycles. The highest BCUT2D eigenvalue weighted by atomic mass is 16.3. The lowest BCUT2D eigenvalue weighted by molar-refractivity contribution is -0.110. The van der Waals surface area contributed by atoms with Crippen molar-refractivity contribution >= 4 is 6.29 Å². The molecule has 0 bridgehead atoms. The summed E-state index contributed by atoms with van der Waals surface area (Å²) in [6, 6.07) is 20.8. The lowest BCUT2D eigenvalue weighted by Crippen LogP contribution is -2.05. The van der Waals surface area contributed by atoms with Gasteiger partial charge in [-0.3, -0.25) is 0 Å². The molecule has 0 aliphatic rings. The Bertz CT molecular complexity index is 594. The highest BCUT2D eigenvalue weighted by Crippen LogP contribution is 2.23. The van der Waals surface area contributed by atoms with Gasteiger partial charge < -0.3 is 9.90 Å². The lowest BCUT2D eigenvalue weighted by Gasteiger charge is -2.15. The van der Waals surface area contributed by atoms with E-state index in [2.05, 4.69) is 57.2 Å². The first-order chi connectivity index (χ1) is 12.5. The van der Waals surface area contributed by atoms with E-state index in [1.165, 1.54) is 11.1 Å². The van der Waals surface area contributed by atoms with Gasteiger partial charge in [-0.05, 0) is 41.7 Å². The van der Waals surface area contributed by atoms with Crippen LogP contribution in [0.5, 0.6) is 0 Å². The normalized spacial score (nSPS) is 15.1. The Kier molecular flexibility index (Phi) is 10.6. The predicted octanol–water partition coefficient (Wildman–Crippen LogP) is 5.82. The van der Waals surface area contributed by atoms with Crippen LogP contribution in [0.1, 0.15) is 63.5 Å². The molecule has 0 saturated heterocycles. The Morgan fingerprint density at radius 3 is 1.58 bits per heavy atom. The Balaban J connectivity index is 0.000000260. The van der Waals surface area contributed by atoms with Crippen LogP contribution in [0.25, 0.3) is 0 Å². The van der Waals surface area contributed by atoms with Crippen molar-refractivity contribution < 1.29 is 9.90 Å². The van der Waals surface area contributed by atoms with E-state index in [4.69, 9.17) is 5.11 Å². The minimum atomic E-state index is 0.162. The van der Waals surface area contributed by atoms with Gasteiger partial charge in [0, 0.05) is 12.5 Å². The van der Waals surface area contributed by atoms with E-state index >= 15 is 0 Å². The van der Waals surface area contributed by atoms with Gasteiger partial charge in [0.2, 0.25) is 0 Å². The SMILES string of the molecule is CC(C=O)CC(C)c1ccccc1.CC(CO)CC(C)c1ccccc1. The highest BCUT2D eigenvalue weighted by Gasteiger charge is 2.09. The number of hydrogen-bond acceptors (Lipinski definition) is 2. The molecular formula is C24H34O2. The summed E-state index contributed by atoms with van der Waals surface area (Å²) in [5.74, 6) is 1.58. The van der Waals surface area contributed by atoms with Crippen LogP contribution < -0.4 is 0 Å². The van der Waals surface area contributed by atoms with Crippen molar-refractivity contribution in [3.05, 3.63) is 71.8 Å². The molecule has 142 valence electrons. The van der Waals surface area contributed by atoms with Gasteiger partial charge in [0.1, 0.15) is 6.29 Å². The van der Waals surface area contributed by atoms with E-state index in [0.29, 0.717) is 17.8 Å². The second-order valence-electron chi connectivity index (χ2n) is 7.50. The van der Waals surface area contributed by atoms with E-state index in [-0.39, 0.29) is 12.5 Å². The number of rotatable bonds is 8. The molecule has 4 unspecified atom stereocenters. The number of hydrogen-bond donors (Lipinski definition) is 1. The molecule has 0 aliphatic carbocycles. The van der Waals surface area contributed by atoms with Crippen LogP contribution in [0.3, 0.4) is 0 Å². The number of benzene rings is 2. The number of aliphatic hydroxyl groups excluding tert-OH is 1. The number of carbonyl (C=O) groups excluding carboxylic acids is 1. The lowest BCUT2D eigenvalue weighted by atomic mass is 9.92. The Labute approximate surface area is 159 Å². The van der Waals surface area contributed by atoms with Crippen LogP contribution in [-0.2, 0) is 4.79 Å². The third-order valence-corrected chi connectivity index (χ3v) is 4.76. The number of carbonyl (C=O) groups is 1. The van der Waals surface area contributed by atoms with Gasteiger partial charge in [0.25, 0.3) is 0 Å². The van der Waals surface area contributed by atoms with Gasteiger partial charge in [0.05, 0.1) is 0 Å². The maximum atomic E-state index is 10.5. The van der Waals surface area contributed by atoms with Gasteiger partial charge in [-0.1, -0.05) is 88.4 Å². The van der Waals surface area contributed by atoms with E-state index in [0.717, 1.165) is 19.1 Å². The standard InChI is InChI=1S/C12H18O.C12H16O/c2*1-10(9-13)8-11(2)12-6-4-3-5-7-12/h3-7,10-11,13H,8-9H2,1-2H3;3-7,9-11H,8H2,1-2H3. The number of aliphatic hydroxyl groups is 1. The van der Waals surface area contributed by atoms with Crippen molar-refractivity contribution in [2.75, 3.05) is 6.61 Å². The molecule has 0 fully saturated rings. The third-order valence-electron chi connectivity index (χ3n) is 4.76. The fourth-order valence-electron chi connectivity index (χ4n) is 3.13. The topological polar surface area (TPSA) is 37.3 Å². The molecule has 0 amide bonds. The van der Waals surface area contributed by atoms with Gasteiger partial charge >= 0.3 is 0 Å². The first-order valence-corrected chi connectivity index (χ1v) is 9.63. The molecule has 4 atom stereocenters. The van der Waals surface area contributed by atoms with Crippen molar-refractivity contribution in [1.29, 1.82) is 0 Å². The molecular weight excluding hydrogens is 320 g/mol.